The van der Waals surface area contributed by atoms with Gasteiger partial charge in [0, 0.05) is 29.0 Å². The summed E-state index contributed by atoms with van der Waals surface area (Å²) in [4.78, 5) is 35.0. The molecule has 2 heterocycles. The molecule has 0 unspecified atom stereocenters. The zero-order valence-corrected chi connectivity index (χ0v) is 18.4. The molecule has 1 N–H and O–H groups in total. The van der Waals surface area contributed by atoms with Crippen molar-refractivity contribution in [3.8, 4) is 22.8 Å². The number of phenolic OH excluding ortho intramolecular Hbond substituents is 1. The van der Waals surface area contributed by atoms with Crippen molar-refractivity contribution < 1.29 is 14.6 Å². The van der Waals surface area contributed by atoms with Gasteiger partial charge in [-0.05, 0) is 48.0 Å². The molecular formula is C22H26N2O5S. The van der Waals surface area contributed by atoms with Crippen LogP contribution in [0.1, 0.15) is 49.2 Å². The number of nitrogens with zero attached hydrogens (tertiary/aromatic N) is 2. The van der Waals surface area contributed by atoms with Gasteiger partial charge in [0.05, 0.1) is 12.3 Å². The van der Waals surface area contributed by atoms with Gasteiger partial charge >= 0.3 is 5.91 Å². The average molecular weight is 431 g/mol. The molecule has 1 aromatic carbocycles. The lowest BCUT2D eigenvalue weighted by atomic mass is 9.78. The minimum Gasteiger partial charge on any atom is -0.504 e. The Bertz CT molecular complexity index is 1040. The summed E-state index contributed by atoms with van der Waals surface area (Å²) in [6.45, 7) is 6.73. The number of carbonyl (C=O) groups excluding carboxylic acids is 1. The highest BCUT2D eigenvalue weighted by Gasteiger charge is 2.34. The Labute approximate surface area is 179 Å². The number of hydrogen-bond acceptors (Lipinski definition) is 6. The van der Waals surface area contributed by atoms with Crippen LogP contribution >= 0.6 is 11.8 Å². The van der Waals surface area contributed by atoms with E-state index < -0.39 is 11.3 Å². The summed E-state index contributed by atoms with van der Waals surface area (Å²) in [6.07, 6.45) is 4.96. The number of carbonyl (C=O) groups is 1. The summed E-state index contributed by atoms with van der Waals surface area (Å²) in [5.74, 6) is 0.326. The predicted molar refractivity (Wildman–Crippen MR) is 119 cm³/mol. The van der Waals surface area contributed by atoms with Gasteiger partial charge in [-0.1, -0.05) is 20.8 Å². The number of hydrogen-bond donors (Lipinski definition) is 1. The van der Waals surface area contributed by atoms with Crippen molar-refractivity contribution in [2.24, 2.45) is 10.6 Å². The molecule has 2 aromatic rings. The molecule has 0 saturated carbocycles. The molecule has 8 heteroatoms. The third-order valence-electron chi connectivity index (χ3n) is 5.35. The highest BCUT2D eigenvalue weighted by Crippen LogP contribution is 2.45. The van der Waals surface area contributed by atoms with Crippen LogP contribution in [0.2, 0.25) is 0 Å². The second-order valence-corrected chi connectivity index (χ2v) is 9.48. The van der Waals surface area contributed by atoms with Crippen LogP contribution in [0, 0.1) is 10.3 Å². The third kappa shape index (κ3) is 4.28. The van der Waals surface area contributed by atoms with E-state index in [1.165, 1.54) is 12.3 Å². The molecule has 0 saturated heterocycles. The minimum absolute atomic E-state index is 0.000760. The zero-order valence-electron chi connectivity index (χ0n) is 17.6. The maximum atomic E-state index is 12.5. The van der Waals surface area contributed by atoms with Crippen LogP contribution in [0.5, 0.6) is 11.5 Å². The van der Waals surface area contributed by atoms with Crippen LogP contribution in [0.15, 0.2) is 34.4 Å². The predicted octanol–water partition coefficient (Wildman–Crippen LogP) is 4.40. The van der Waals surface area contributed by atoms with E-state index in [1.807, 2.05) is 16.9 Å². The first-order valence-corrected chi connectivity index (χ1v) is 11.2. The molecule has 160 valence electrons. The Balaban J connectivity index is 2.12. The average Bonchev–Trinajstić information content (AvgIpc) is 2.69. The number of aromatic nitrogens is 1. The van der Waals surface area contributed by atoms with Gasteiger partial charge in [0.15, 0.2) is 16.9 Å². The van der Waals surface area contributed by atoms with Crippen molar-refractivity contribution in [1.29, 1.82) is 0 Å². The van der Waals surface area contributed by atoms with Crippen LogP contribution in [-0.4, -0.2) is 34.2 Å². The molecule has 0 aliphatic carbocycles. The second-order valence-electron chi connectivity index (χ2n) is 8.50. The monoisotopic (exact) mass is 430 g/mol. The van der Waals surface area contributed by atoms with E-state index in [-0.39, 0.29) is 22.8 Å². The van der Waals surface area contributed by atoms with Gasteiger partial charge in [0.25, 0.3) is 0 Å². The molecular weight excluding hydrogens is 404 g/mol. The van der Waals surface area contributed by atoms with E-state index in [9.17, 15) is 19.6 Å². The minimum atomic E-state index is -1.08. The molecule has 0 radical (unpaired) electrons. The van der Waals surface area contributed by atoms with Gasteiger partial charge in [-0.15, -0.1) is 4.91 Å². The van der Waals surface area contributed by atoms with Crippen LogP contribution in [-0.2, 0) is 6.42 Å². The van der Waals surface area contributed by atoms with Crippen LogP contribution in [0.25, 0.3) is 11.3 Å². The van der Waals surface area contributed by atoms with E-state index in [1.54, 1.807) is 17.8 Å². The normalized spacial score (nSPS) is 15.3. The summed E-state index contributed by atoms with van der Waals surface area (Å²) in [5, 5.41) is 12.9. The van der Waals surface area contributed by atoms with Crippen LogP contribution in [0.3, 0.4) is 0 Å². The van der Waals surface area contributed by atoms with E-state index in [4.69, 9.17) is 4.74 Å². The zero-order chi connectivity index (χ0) is 22.1. The summed E-state index contributed by atoms with van der Waals surface area (Å²) in [7, 11) is 0. The molecule has 1 aromatic heterocycles. The van der Waals surface area contributed by atoms with E-state index >= 15 is 0 Å². The molecule has 1 atom stereocenters. The first-order chi connectivity index (χ1) is 14.2. The fourth-order valence-corrected chi connectivity index (χ4v) is 4.19. The number of pyridine rings is 1. The first kappa shape index (κ1) is 22.1. The molecule has 0 spiro atoms. The SMILES string of the molecule is CSCCCOc1cc2c(cc1O)-c1cc(=O)c(C(=O)N=O)cn1[C@@H](C(C)(C)C)C2. The summed E-state index contributed by atoms with van der Waals surface area (Å²) in [5.41, 5.74) is 1.24. The Hall–Kier alpha value is -2.61. The lowest BCUT2D eigenvalue weighted by Crippen LogP contribution is -2.32. The standard InChI is InChI=1S/C22H26N2O5S/c1-22(2,3)20-9-13-8-19(29-6-5-7-30-4)18(26)10-14(13)16-11-17(25)15(12-24(16)20)21(27)23-28/h8,10-12,20,26H,5-7,9H2,1-4H3/t20-/m1/s1. The highest BCUT2D eigenvalue weighted by atomic mass is 32.2. The first-order valence-electron chi connectivity index (χ1n) is 9.79. The van der Waals surface area contributed by atoms with Crippen molar-refractivity contribution in [2.75, 3.05) is 18.6 Å². The van der Waals surface area contributed by atoms with Crippen LogP contribution < -0.4 is 10.2 Å². The van der Waals surface area contributed by atoms with Gasteiger partial charge in [0.1, 0.15) is 5.56 Å². The van der Waals surface area contributed by atoms with E-state index in [2.05, 4.69) is 25.9 Å². The van der Waals surface area contributed by atoms with E-state index in [0.717, 1.165) is 17.7 Å². The van der Waals surface area contributed by atoms with Crippen molar-refractivity contribution in [1.82, 2.24) is 4.57 Å². The Morgan fingerprint density at radius 2 is 2.07 bits per heavy atom. The quantitative estimate of drug-likeness (QED) is 0.539. The fraction of sp³-hybridized carbons (Fsp3) is 0.455. The van der Waals surface area contributed by atoms with Crippen molar-refractivity contribution in [3.05, 3.63) is 50.7 Å². The lowest BCUT2D eigenvalue weighted by Gasteiger charge is -2.39. The van der Waals surface area contributed by atoms with Crippen molar-refractivity contribution in [2.45, 2.75) is 39.7 Å². The van der Waals surface area contributed by atoms with Gasteiger partial charge in [-0.25, -0.2) is 0 Å². The topological polar surface area (TPSA) is 98.0 Å². The number of rotatable bonds is 6. The lowest BCUT2D eigenvalue weighted by molar-refractivity contribution is 0.0998. The van der Waals surface area contributed by atoms with Gasteiger partial charge in [-0.3, -0.25) is 9.59 Å². The maximum absolute atomic E-state index is 12.5. The third-order valence-corrected chi connectivity index (χ3v) is 6.05. The Morgan fingerprint density at radius 1 is 1.33 bits per heavy atom. The molecule has 1 amide bonds. The molecule has 30 heavy (non-hydrogen) atoms. The number of nitroso groups, excluding NO2 is 1. The molecule has 7 nitrogen and oxygen atoms in total. The number of amides is 1. The Morgan fingerprint density at radius 3 is 2.70 bits per heavy atom. The highest BCUT2D eigenvalue weighted by molar-refractivity contribution is 7.98. The summed E-state index contributed by atoms with van der Waals surface area (Å²) >= 11 is 1.74. The van der Waals surface area contributed by atoms with E-state index in [0.29, 0.717) is 30.0 Å². The molecule has 3 rings (SSSR count). The number of ether oxygens (including phenoxy) is 1. The molecule has 0 bridgehead atoms. The van der Waals surface area contributed by atoms with Gasteiger partial charge in [0.2, 0.25) is 0 Å². The Kier molecular flexibility index (Phi) is 6.36. The number of thioether (sulfide) groups is 1. The smallest absolute Gasteiger partial charge is 0.322 e. The number of benzene rings is 1. The molecule has 1 aliphatic heterocycles. The number of fused-ring (bicyclic) bond motifs is 3. The van der Waals surface area contributed by atoms with Crippen molar-refractivity contribution >= 4 is 17.7 Å². The summed E-state index contributed by atoms with van der Waals surface area (Å²) < 4.78 is 7.63. The largest absolute Gasteiger partial charge is 0.504 e. The van der Waals surface area contributed by atoms with Gasteiger partial charge in [-0.2, -0.15) is 11.8 Å². The number of phenols is 1. The van der Waals surface area contributed by atoms with Gasteiger partial charge < -0.3 is 14.4 Å². The summed E-state index contributed by atoms with van der Waals surface area (Å²) in [6, 6.07) is 4.70. The fourth-order valence-electron chi connectivity index (χ4n) is 3.78. The maximum Gasteiger partial charge on any atom is 0.322 e. The van der Waals surface area contributed by atoms with Crippen molar-refractivity contribution in [3.63, 3.8) is 0 Å². The molecule has 0 fully saturated rings. The second kappa shape index (κ2) is 8.63. The van der Waals surface area contributed by atoms with Crippen LogP contribution in [0.4, 0.5) is 0 Å². The number of aromatic hydroxyl groups is 1. The molecule has 1 aliphatic rings.